The van der Waals surface area contributed by atoms with E-state index in [4.69, 9.17) is 9.47 Å². The molecule has 104 valence electrons. The highest BCUT2D eigenvalue weighted by molar-refractivity contribution is 5.75. The smallest absolute Gasteiger partial charge is 0.322 e. The van der Waals surface area contributed by atoms with Crippen LogP contribution in [0.3, 0.4) is 0 Å². The number of hydrogen-bond donors (Lipinski definition) is 2. The van der Waals surface area contributed by atoms with E-state index < -0.39 is 12.1 Å². The van der Waals surface area contributed by atoms with Crippen LogP contribution < -0.4 is 10.1 Å². The number of rotatable bonds is 3. The minimum atomic E-state index is -0.502. The second kappa shape index (κ2) is 6.04. The molecule has 3 atom stereocenters. The van der Waals surface area contributed by atoms with E-state index in [1.165, 1.54) is 7.11 Å². The summed E-state index contributed by atoms with van der Waals surface area (Å²) < 4.78 is 9.84. The maximum Gasteiger partial charge on any atom is 0.322 e. The summed E-state index contributed by atoms with van der Waals surface area (Å²) in [4.78, 5) is 11.6. The summed E-state index contributed by atoms with van der Waals surface area (Å²) in [5, 5.41) is 13.1. The Hall–Kier alpha value is -1.59. The van der Waals surface area contributed by atoms with Crippen molar-refractivity contribution in [2.75, 3.05) is 14.2 Å². The lowest BCUT2D eigenvalue weighted by Gasteiger charge is -2.32. The third-order valence-electron chi connectivity index (χ3n) is 3.42. The van der Waals surface area contributed by atoms with Crippen molar-refractivity contribution in [1.29, 1.82) is 0 Å². The van der Waals surface area contributed by atoms with Crippen LogP contribution in [0.15, 0.2) is 24.3 Å². The summed E-state index contributed by atoms with van der Waals surface area (Å²) >= 11 is 0. The van der Waals surface area contributed by atoms with E-state index >= 15 is 0 Å². The van der Waals surface area contributed by atoms with Gasteiger partial charge in [0.2, 0.25) is 0 Å². The van der Waals surface area contributed by atoms with Gasteiger partial charge in [-0.2, -0.15) is 0 Å². The molecule has 1 aliphatic heterocycles. The molecule has 2 N–H and O–H groups in total. The molecule has 2 rings (SSSR count). The SMILES string of the molecule is COC(=O)[C@@H]1C[C@H](O)C[C@H](c2ccc(OC)cc2)N1. The lowest BCUT2D eigenvalue weighted by atomic mass is 9.91. The number of benzene rings is 1. The summed E-state index contributed by atoms with van der Waals surface area (Å²) in [6.07, 6.45) is 0.469. The topological polar surface area (TPSA) is 67.8 Å². The summed E-state index contributed by atoms with van der Waals surface area (Å²) in [6, 6.07) is 7.09. The van der Waals surface area contributed by atoms with Crippen molar-refractivity contribution in [1.82, 2.24) is 5.32 Å². The highest BCUT2D eigenvalue weighted by Gasteiger charge is 2.32. The van der Waals surface area contributed by atoms with Gasteiger partial charge in [0, 0.05) is 6.04 Å². The number of piperidine rings is 1. The molecule has 0 spiro atoms. The van der Waals surface area contributed by atoms with Gasteiger partial charge in [-0.05, 0) is 30.5 Å². The van der Waals surface area contributed by atoms with E-state index in [2.05, 4.69) is 5.32 Å². The van der Waals surface area contributed by atoms with Crippen molar-refractivity contribution in [3.63, 3.8) is 0 Å². The van der Waals surface area contributed by atoms with Crippen LogP contribution in [0.2, 0.25) is 0 Å². The van der Waals surface area contributed by atoms with E-state index in [0.717, 1.165) is 11.3 Å². The lowest BCUT2D eigenvalue weighted by Crippen LogP contribution is -2.47. The Morgan fingerprint density at radius 1 is 1.26 bits per heavy atom. The molecule has 1 saturated heterocycles. The number of methoxy groups -OCH3 is 2. The standard InChI is InChI=1S/C14H19NO4/c1-18-11-5-3-9(4-6-11)12-7-10(16)8-13(15-12)14(17)19-2/h3-6,10,12-13,15-16H,7-8H2,1-2H3/t10-,12-,13+/m1/s1. The molecule has 1 aromatic rings. The summed E-state index contributed by atoms with van der Waals surface area (Å²) in [6.45, 7) is 0. The molecule has 5 nitrogen and oxygen atoms in total. The number of carbonyl (C=O) groups is 1. The number of esters is 1. The van der Waals surface area contributed by atoms with Gasteiger partial charge >= 0.3 is 5.97 Å². The van der Waals surface area contributed by atoms with E-state index in [1.807, 2.05) is 24.3 Å². The van der Waals surface area contributed by atoms with Crippen LogP contribution >= 0.6 is 0 Å². The molecule has 0 radical (unpaired) electrons. The summed E-state index contributed by atoms with van der Waals surface area (Å²) in [5.41, 5.74) is 1.02. The van der Waals surface area contributed by atoms with Crippen molar-refractivity contribution in [2.45, 2.75) is 31.0 Å². The monoisotopic (exact) mass is 265 g/mol. The van der Waals surface area contributed by atoms with Crippen molar-refractivity contribution in [3.05, 3.63) is 29.8 Å². The van der Waals surface area contributed by atoms with E-state index in [-0.39, 0.29) is 12.0 Å². The van der Waals surface area contributed by atoms with E-state index in [9.17, 15) is 9.90 Å². The van der Waals surface area contributed by atoms with E-state index in [1.54, 1.807) is 7.11 Å². The van der Waals surface area contributed by atoms with Gasteiger partial charge < -0.3 is 14.6 Å². The molecular weight excluding hydrogens is 246 g/mol. The highest BCUT2D eigenvalue weighted by atomic mass is 16.5. The molecule has 1 heterocycles. The fourth-order valence-corrected chi connectivity index (χ4v) is 2.39. The normalized spacial score (nSPS) is 26.8. The first-order valence-electron chi connectivity index (χ1n) is 6.30. The molecule has 0 amide bonds. The largest absolute Gasteiger partial charge is 0.497 e. The molecule has 0 aliphatic carbocycles. The van der Waals surface area contributed by atoms with Gasteiger partial charge in [0.05, 0.1) is 20.3 Å². The molecule has 1 aromatic carbocycles. The van der Waals surface area contributed by atoms with Gasteiger partial charge in [-0.1, -0.05) is 12.1 Å². The molecule has 0 aromatic heterocycles. The first-order chi connectivity index (χ1) is 9.13. The Kier molecular flexibility index (Phi) is 4.39. The number of hydrogen-bond acceptors (Lipinski definition) is 5. The zero-order chi connectivity index (χ0) is 13.8. The minimum Gasteiger partial charge on any atom is -0.497 e. The third kappa shape index (κ3) is 3.24. The average Bonchev–Trinajstić information content (AvgIpc) is 2.45. The maximum atomic E-state index is 11.6. The Balaban J connectivity index is 2.11. The highest BCUT2D eigenvalue weighted by Crippen LogP contribution is 2.27. The molecule has 1 fully saturated rings. The zero-order valence-corrected chi connectivity index (χ0v) is 11.1. The van der Waals surface area contributed by atoms with Crippen LogP contribution in [0.4, 0.5) is 0 Å². The fourth-order valence-electron chi connectivity index (χ4n) is 2.39. The Bertz CT molecular complexity index is 432. The molecule has 0 saturated carbocycles. The second-order valence-corrected chi connectivity index (χ2v) is 4.69. The number of nitrogens with one attached hydrogen (secondary N) is 1. The van der Waals surface area contributed by atoms with Crippen LogP contribution in [-0.4, -0.2) is 37.4 Å². The Morgan fingerprint density at radius 3 is 2.53 bits per heavy atom. The Morgan fingerprint density at radius 2 is 1.95 bits per heavy atom. The number of carbonyl (C=O) groups excluding carboxylic acids is 1. The van der Waals surface area contributed by atoms with E-state index in [0.29, 0.717) is 12.8 Å². The number of aliphatic hydroxyl groups is 1. The van der Waals surface area contributed by atoms with Crippen molar-refractivity contribution in [2.24, 2.45) is 0 Å². The number of aliphatic hydroxyl groups excluding tert-OH is 1. The average molecular weight is 265 g/mol. The van der Waals surface area contributed by atoms with Crippen molar-refractivity contribution >= 4 is 5.97 Å². The van der Waals surface area contributed by atoms with Gasteiger partial charge in [0.25, 0.3) is 0 Å². The molecule has 0 unspecified atom stereocenters. The van der Waals surface area contributed by atoms with Crippen LogP contribution in [0.1, 0.15) is 24.4 Å². The van der Waals surface area contributed by atoms with Gasteiger partial charge in [0.15, 0.2) is 0 Å². The first-order valence-corrected chi connectivity index (χ1v) is 6.30. The molecule has 1 aliphatic rings. The first kappa shape index (κ1) is 13.8. The summed E-state index contributed by atoms with van der Waals surface area (Å²) in [7, 11) is 2.97. The predicted octanol–water partition coefficient (Wildman–Crippen LogP) is 1.02. The maximum absolute atomic E-state index is 11.6. The van der Waals surface area contributed by atoms with Gasteiger partial charge in [0.1, 0.15) is 11.8 Å². The van der Waals surface area contributed by atoms with Gasteiger partial charge in [-0.25, -0.2) is 0 Å². The second-order valence-electron chi connectivity index (χ2n) is 4.69. The quantitative estimate of drug-likeness (QED) is 0.799. The fraction of sp³-hybridized carbons (Fsp3) is 0.500. The van der Waals surface area contributed by atoms with Gasteiger partial charge in [-0.15, -0.1) is 0 Å². The zero-order valence-electron chi connectivity index (χ0n) is 11.1. The van der Waals surface area contributed by atoms with Crippen LogP contribution in [0.25, 0.3) is 0 Å². The van der Waals surface area contributed by atoms with Gasteiger partial charge in [-0.3, -0.25) is 10.1 Å². The molecule has 19 heavy (non-hydrogen) atoms. The lowest BCUT2D eigenvalue weighted by molar-refractivity contribution is -0.145. The minimum absolute atomic E-state index is 0.0567. The van der Waals surface area contributed by atoms with Crippen LogP contribution in [0, 0.1) is 0 Å². The van der Waals surface area contributed by atoms with Crippen molar-refractivity contribution in [3.8, 4) is 5.75 Å². The predicted molar refractivity (Wildman–Crippen MR) is 69.9 cm³/mol. The number of ether oxygens (including phenoxy) is 2. The van der Waals surface area contributed by atoms with Crippen LogP contribution in [0.5, 0.6) is 5.75 Å². The molecule has 0 bridgehead atoms. The van der Waals surface area contributed by atoms with Crippen molar-refractivity contribution < 1.29 is 19.4 Å². The summed E-state index contributed by atoms with van der Waals surface area (Å²) in [5.74, 6) is 0.446. The third-order valence-corrected chi connectivity index (χ3v) is 3.42. The Labute approximate surface area is 112 Å². The van der Waals surface area contributed by atoms with Crippen LogP contribution in [-0.2, 0) is 9.53 Å². The molecular formula is C14H19NO4. The molecule has 5 heteroatoms.